The number of para-hydroxylation sites is 1. The van der Waals surface area contributed by atoms with E-state index in [2.05, 4.69) is 0 Å². The number of allylic oxidation sites excluding steroid dienone is 1. The molecule has 0 saturated heterocycles. The Labute approximate surface area is 103 Å². The maximum Gasteiger partial charge on any atom is 0.372 e. The molecule has 0 atom stereocenters. The Morgan fingerprint density at radius 2 is 2.11 bits per heavy atom. The van der Waals surface area contributed by atoms with Gasteiger partial charge in [-0.15, -0.1) is 0 Å². The van der Waals surface area contributed by atoms with Crippen LogP contribution in [0.25, 0.3) is 17.0 Å². The van der Waals surface area contributed by atoms with E-state index in [9.17, 15) is 9.59 Å². The molecule has 0 aliphatic heterocycles. The van der Waals surface area contributed by atoms with Crippen LogP contribution in [-0.4, -0.2) is 11.1 Å². The van der Waals surface area contributed by atoms with Crippen LogP contribution in [-0.2, 0) is 0 Å². The van der Waals surface area contributed by atoms with Crippen LogP contribution in [0.3, 0.4) is 0 Å². The van der Waals surface area contributed by atoms with Crippen LogP contribution in [0.2, 0.25) is 0 Å². The van der Waals surface area contributed by atoms with E-state index in [1.165, 1.54) is 6.92 Å². The predicted molar refractivity (Wildman–Crippen MR) is 68.9 cm³/mol. The van der Waals surface area contributed by atoms with Gasteiger partial charge < -0.3 is 9.52 Å². The highest BCUT2D eigenvalue weighted by Crippen LogP contribution is 2.20. The van der Waals surface area contributed by atoms with E-state index in [0.717, 1.165) is 0 Å². The van der Waals surface area contributed by atoms with Gasteiger partial charge in [-0.2, -0.15) is 0 Å². The Bertz CT molecular complexity index is 708. The number of fused-ring (bicyclic) bond motifs is 1. The molecule has 1 aromatic carbocycles. The molecular weight excluding hydrogens is 232 g/mol. The Kier molecular flexibility index (Phi) is 3.02. The molecule has 4 nitrogen and oxygen atoms in total. The molecule has 0 unspecified atom stereocenters. The molecule has 4 heteroatoms. The van der Waals surface area contributed by atoms with Gasteiger partial charge in [-0.1, -0.05) is 24.3 Å². The van der Waals surface area contributed by atoms with Gasteiger partial charge in [0.1, 0.15) is 5.58 Å². The van der Waals surface area contributed by atoms with Gasteiger partial charge in [0.2, 0.25) is 5.76 Å². The average Bonchev–Trinajstić information content (AvgIpc) is 2.34. The van der Waals surface area contributed by atoms with Gasteiger partial charge in [0.15, 0.2) is 5.43 Å². The fraction of sp³-hybridized carbons (Fsp3) is 0.143. The van der Waals surface area contributed by atoms with Crippen LogP contribution in [0.1, 0.15) is 28.6 Å². The van der Waals surface area contributed by atoms with E-state index >= 15 is 0 Å². The van der Waals surface area contributed by atoms with Crippen molar-refractivity contribution in [3.05, 3.63) is 51.4 Å². The fourth-order valence-corrected chi connectivity index (χ4v) is 1.85. The predicted octanol–water partition coefficient (Wildman–Crippen LogP) is 2.83. The summed E-state index contributed by atoms with van der Waals surface area (Å²) in [7, 11) is 0. The van der Waals surface area contributed by atoms with Crippen molar-refractivity contribution in [2.45, 2.75) is 13.8 Å². The number of rotatable bonds is 2. The number of hydrogen-bond acceptors (Lipinski definition) is 3. The maximum absolute atomic E-state index is 12.1. The third-order valence-electron chi connectivity index (χ3n) is 2.72. The van der Waals surface area contributed by atoms with Crippen molar-refractivity contribution >= 4 is 23.0 Å². The molecule has 1 aromatic heterocycles. The molecule has 92 valence electrons. The van der Waals surface area contributed by atoms with Crippen molar-refractivity contribution in [1.82, 2.24) is 0 Å². The van der Waals surface area contributed by atoms with Gasteiger partial charge in [-0.25, -0.2) is 4.79 Å². The molecule has 0 saturated carbocycles. The summed E-state index contributed by atoms with van der Waals surface area (Å²) >= 11 is 0. The molecule has 0 bridgehead atoms. The van der Waals surface area contributed by atoms with Crippen LogP contribution in [0.5, 0.6) is 0 Å². The monoisotopic (exact) mass is 244 g/mol. The quantitative estimate of drug-likeness (QED) is 0.882. The highest BCUT2D eigenvalue weighted by Gasteiger charge is 2.17. The lowest BCUT2D eigenvalue weighted by atomic mass is 10.1. The summed E-state index contributed by atoms with van der Waals surface area (Å²) in [5.74, 6) is -1.54. The van der Waals surface area contributed by atoms with E-state index < -0.39 is 5.97 Å². The zero-order valence-corrected chi connectivity index (χ0v) is 10.1. The van der Waals surface area contributed by atoms with Gasteiger partial charge >= 0.3 is 5.97 Å². The largest absolute Gasteiger partial charge is 0.475 e. The van der Waals surface area contributed by atoms with Gasteiger partial charge in [0, 0.05) is 11.1 Å². The highest BCUT2D eigenvalue weighted by molar-refractivity contribution is 5.91. The van der Waals surface area contributed by atoms with E-state index in [0.29, 0.717) is 16.5 Å². The molecule has 2 rings (SSSR count). The van der Waals surface area contributed by atoms with Crippen molar-refractivity contribution in [3.8, 4) is 0 Å². The topological polar surface area (TPSA) is 67.5 Å². The van der Waals surface area contributed by atoms with Crippen molar-refractivity contribution in [1.29, 1.82) is 0 Å². The minimum atomic E-state index is -1.23. The zero-order chi connectivity index (χ0) is 13.3. The van der Waals surface area contributed by atoms with Crippen molar-refractivity contribution in [2.75, 3.05) is 0 Å². The number of aromatic carboxylic acids is 1. The van der Waals surface area contributed by atoms with Crippen molar-refractivity contribution in [2.24, 2.45) is 0 Å². The molecule has 1 N–H and O–H groups in total. The molecule has 2 aromatic rings. The summed E-state index contributed by atoms with van der Waals surface area (Å²) in [5.41, 5.74) is 0.811. The Morgan fingerprint density at radius 1 is 1.39 bits per heavy atom. The van der Waals surface area contributed by atoms with Crippen LogP contribution in [0, 0.1) is 6.92 Å². The van der Waals surface area contributed by atoms with Crippen LogP contribution in [0.4, 0.5) is 0 Å². The molecule has 0 spiro atoms. The summed E-state index contributed by atoms with van der Waals surface area (Å²) in [4.78, 5) is 23.1. The second-order valence-corrected chi connectivity index (χ2v) is 3.91. The van der Waals surface area contributed by atoms with Gasteiger partial charge in [-0.05, 0) is 19.9 Å². The fourth-order valence-electron chi connectivity index (χ4n) is 1.85. The molecule has 0 fully saturated rings. The normalized spacial score (nSPS) is 11.2. The summed E-state index contributed by atoms with van der Waals surface area (Å²) in [6, 6.07) is 5.15. The average molecular weight is 244 g/mol. The molecule has 1 heterocycles. The molecule has 0 amide bonds. The lowest BCUT2D eigenvalue weighted by Crippen LogP contribution is -2.12. The SMILES string of the molecule is C/C=C/c1cccc2c(=O)c(C)c(C(=O)O)oc12. The minimum absolute atomic E-state index is 0.118. The Hall–Kier alpha value is -2.36. The first-order valence-electron chi connectivity index (χ1n) is 5.48. The first-order valence-corrected chi connectivity index (χ1v) is 5.48. The van der Waals surface area contributed by atoms with Gasteiger partial charge in [-0.3, -0.25) is 4.79 Å². The summed E-state index contributed by atoms with van der Waals surface area (Å²) in [5, 5.41) is 9.42. The maximum atomic E-state index is 12.1. The van der Waals surface area contributed by atoms with E-state index in [-0.39, 0.29) is 16.8 Å². The van der Waals surface area contributed by atoms with Gasteiger partial charge in [0.25, 0.3) is 0 Å². The number of carbonyl (C=O) groups is 1. The zero-order valence-electron chi connectivity index (χ0n) is 10.1. The lowest BCUT2D eigenvalue weighted by molar-refractivity contribution is 0.0661. The lowest BCUT2D eigenvalue weighted by Gasteiger charge is -2.05. The van der Waals surface area contributed by atoms with Crippen molar-refractivity contribution < 1.29 is 14.3 Å². The summed E-state index contributed by atoms with van der Waals surface area (Å²) < 4.78 is 5.37. The standard InChI is InChI=1S/C14H12O4/c1-3-5-9-6-4-7-10-11(15)8(2)12(14(16)17)18-13(9)10/h3-7H,1-2H3,(H,16,17)/b5-3+. The summed E-state index contributed by atoms with van der Waals surface area (Å²) in [6.07, 6.45) is 3.57. The highest BCUT2D eigenvalue weighted by atomic mass is 16.4. The molecule has 18 heavy (non-hydrogen) atoms. The Morgan fingerprint density at radius 3 is 2.72 bits per heavy atom. The molecular formula is C14H12O4. The van der Waals surface area contributed by atoms with Gasteiger partial charge in [0.05, 0.1) is 5.39 Å². The second-order valence-electron chi connectivity index (χ2n) is 3.91. The van der Waals surface area contributed by atoms with Crippen LogP contribution in [0.15, 0.2) is 33.5 Å². The first kappa shape index (κ1) is 12.1. The smallest absolute Gasteiger partial charge is 0.372 e. The molecule has 0 radical (unpaired) electrons. The first-order chi connectivity index (χ1) is 8.56. The number of hydrogen-bond donors (Lipinski definition) is 1. The van der Waals surface area contributed by atoms with E-state index in [1.54, 1.807) is 30.4 Å². The third-order valence-corrected chi connectivity index (χ3v) is 2.72. The number of carboxylic acid groups (broad SMARTS) is 1. The molecule has 0 aliphatic carbocycles. The third kappa shape index (κ3) is 1.82. The Balaban J connectivity index is 2.96. The van der Waals surface area contributed by atoms with Crippen LogP contribution < -0.4 is 5.43 Å². The minimum Gasteiger partial charge on any atom is -0.475 e. The van der Waals surface area contributed by atoms with Crippen LogP contribution >= 0.6 is 0 Å². The van der Waals surface area contributed by atoms with Crippen molar-refractivity contribution in [3.63, 3.8) is 0 Å². The number of carboxylic acids is 1. The summed E-state index contributed by atoms with van der Waals surface area (Å²) in [6.45, 7) is 3.29. The van der Waals surface area contributed by atoms with E-state index in [4.69, 9.17) is 9.52 Å². The second kappa shape index (κ2) is 4.49. The van der Waals surface area contributed by atoms with E-state index in [1.807, 2.05) is 6.92 Å². The number of benzene rings is 1. The molecule has 0 aliphatic rings.